The first-order valence-corrected chi connectivity index (χ1v) is 6.46. The molecule has 20 heavy (non-hydrogen) atoms. The second-order valence-electron chi connectivity index (χ2n) is 4.82. The molecule has 0 aliphatic heterocycles. The summed E-state index contributed by atoms with van der Waals surface area (Å²) in [4.78, 5) is 11.5. The Bertz CT molecular complexity index is 725. The van der Waals surface area contributed by atoms with Gasteiger partial charge in [-0.25, -0.2) is 0 Å². The van der Waals surface area contributed by atoms with Crippen molar-refractivity contribution < 1.29 is 4.79 Å². The highest BCUT2D eigenvalue weighted by Crippen LogP contribution is 2.24. The maximum absolute atomic E-state index is 11.5. The van der Waals surface area contributed by atoms with E-state index in [1.165, 1.54) is 0 Å². The number of pyridine rings is 1. The smallest absolute Gasteiger partial charge is 0.177 e. The Kier molecular flexibility index (Phi) is 4.65. The van der Waals surface area contributed by atoms with Gasteiger partial charge in [0.2, 0.25) is 0 Å². The number of hydrogen-bond donors (Lipinski definition) is 0. The van der Waals surface area contributed by atoms with Crippen molar-refractivity contribution in [3.63, 3.8) is 0 Å². The van der Waals surface area contributed by atoms with Gasteiger partial charge in [0, 0.05) is 21.0 Å². The fourth-order valence-corrected chi connectivity index (χ4v) is 2.52. The van der Waals surface area contributed by atoms with E-state index < -0.39 is 0 Å². The van der Waals surface area contributed by atoms with Crippen LogP contribution in [0.2, 0.25) is 0 Å². The van der Waals surface area contributed by atoms with E-state index in [-0.39, 0.29) is 13.2 Å². The molecule has 0 aliphatic rings. The van der Waals surface area contributed by atoms with Gasteiger partial charge < -0.3 is 4.57 Å². The summed E-state index contributed by atoms with van der Waals surface area (Å²) in [6.45, 7) is 5.57. The van der Waals surface area contributed by atoms with Crippen LogP contribution in [0.1, 0.15) is 36.0 Å². The molecule has 2 aromatic rings. The summed E-state index contributed by atoms with van der Waals surface area (Å²) < 4.78 is 4.35. The van der Waals surface area contributed by atoms with E-state index in [0.717, 1.165) is 27.2 Å². The normalized spacial score (nSPS) is 10.2. The molecule has 4 nitrogen and oxygen atoms in total. The van der Waals surface area contributed by atoms with Gasteiger partial charge >= 0.3 is 0 Å². The van der Waals surface area contributed by atoms with Gasteiger partial charge in [-0.3, -0.25) is 9.48 Å². The lowest BCUT2D eigenvalue weighted by atomic mass is 10.1. The predicted molar refractivity (Wildman–Crippen MR) is 84.7 cm³/mol. The highest BCUT2D eigenvalue weighted by Gasteiger charge is 2.15. The van der Waals surface area contributed by atoms with Gasteiger partial charge in [0.05, 0.1) is 5.69 Å². The Morgan fingerprint density at radius 2 is 1.80 bits per heavy atom. The molecule has 2 rings (SSSR count). The van der Waals surface area contributed by atoms with Crippen LogP contribution in [0.4, 0.5) is 0 Å². The minimum absolute atomic E-state index is 0. The van der Waals surface area contributed by atoms with Gasteiger partial charge in [-0.15, -0.1) is 0 Å². The fourth-order valence-electron chi connectivity index (χ4n) is 2.37. The monoisotopic (exact) mass is 291 g/mol. The first kappa shape index (κ1) is 16.3. The van der Waals surface area contributed by atoms with Crippen LogP contribution < -0.4 is 0 Å². The van der Waals surface area contributed by atoms with E-state index in [1.54, 1.807) is 18.7 Å². The largest absolute Gasteiger partial charge is 0.333 e. The number of Topliss-reactive ketones (excluding diaryl/α,β-unsaturated/α-hetero) is 1. The van der Waals surface area contributed by atoms with Crippen LogP contribution in [-0.4, -0.2) is 20.1 Å². The zero-order chi connectivity index (χ0) is 14.3. The number of aryl methyl sites for hydroxylation is 3. The van der Waals surface area contributed by atoms with Crippen molar-refractivity contribution in [2.75, 3.05) is 0 Å². The number of carbonyl (C=O) groups is 1. The Balaban J connectivity index is 0.00000200. The highest BCUT2D eigenvalue weighted by atomic mass is 32.1. The molecular weight excluding hydrogens is 270 g/mol. The molecule has 0 atom stereocenters. The Hall–Kier alpha value is -1.75. The van der Waals surface area contributed by atoms with Crippen LogP contribution in [0.15, 0.2) is 12.1 Å². The van der Waals surface area contributed by atoms with Gasteiger partial charge in [0.1, 0.15) is 16.0 Å². The van der Waals surface area contributed by atoms with E-state index in [9.17, 15) is 4.79 Å². The third-order valence-electron chi connectivity index (χ3n) is 3.27. The minimum Gasteiger partial charge on any atom is -0.333 e. The van der Waals surface area contributed by atoms with Crippen molar-refractivity contribution in [3.05, 3.63) is 33.6 Å². The van der Waals surface area contributed by atoms with E-state index in [1.807, 2.05) is 31.5 Å². The van der Waals surface area contributed by atoms with Crippen LogP contribution >= 0.6 is 12.2 Å². The number of aromatic nitrogens is 3. The quantitative estimate of drug-likeness (QED) is 0.627. The maximum Gasteiger partial charge on any atom is 0.177 e. The van der Waals surface area contributed by atoms with Crippen molar-refractivity contribution in [2.45, 2.75) is 28.2 Å². The Morgan fingerprint density at radius 3 is 2.30 bits per heavy atom. The summed E-state index contributed by atoms with van der Waals surface area (Å²) >= 11 is 5.39. The number of hydrogen-bond acceptors (Lipinski definition) is 3. The molecule has 0 fully saturated rings. The number of ketones is 1. The van der Waals surface area contributed by atoms with Crippen molar-refractivity contribution >= 4 is 18.0 Å². The molecule has 2 aromatic heterocycles. The van der Waals surface area contributed by atoms with Crippen LogP contribution in [0.3, 0.4) is 0 Å². The summed E-state index contributed by atoms with van der Waals surface area (Å²) in [7, 11) is 3.71. The average Bonchev–Trinajstić information content (AvgIpc) is 2.68. The Labute approximate surface area is 125 Å². The lowest BCUT2D eigenvalue weighted by Crippen LogP contribution is -2.04. The molecule has 0 bridgehead atoms. The second-order valence-corrected chi connectivity index (χ2v) is 5.20. The predicted octanol–water partition coefficient (Wildman–Crippen LogP) is 3.61. The molecule has 0 N–H and O–H groups in total. The van der Waals surface area contributed by atoms with Crippen LogP contribution in [-0.2, 0) is 14.1 Å². The van der Waals surface area contributed by atoms with Crippen molar-refractivity contribution in [3.8, 4) is 11.4 Å². The summed E-state index contributed by atoms with van der Waals surface area (Å²) in [5.74, 6) is 0.00673. The molecule has 0 aliphatic carbocycles. The molecule has 0 aromatic carbocycles. The van der Waals surface area contributed by atoms with Crippen LogP contribution in [0, 0.1) is 18.5 Å². The summed E-state index contributed by atoms with van der Waals surface area (Å²) in [6, 6.07) is 3.87. The number of nitrogens with zero attached hydrogens (tertiary/aromatic N) is 3. The molecule has 0 saturated heterocycles. The first-order valence-electron chi connectivity index (χ1n) is 6.05. The summed E-state index contributed by atoms with van der Waals surface area (Å²) in [6.07, 6.45) is 0. The molecule has 0 amide bonds. The topological polar surface area (TPSA) is 39.8 Å². The van der Waals surface area contributed by atoms with Gasteiger partial charge in [-0.1, -0.05) is 25.7 Å². The van der Waals surface area contributed by atoms with E-state index in [4.69, 9.17) is 12.2 Å². The minimum atomic E-state index is 0. The molecule has 0 unspecified atom stereocenters. The van der Waals surface area contributed by atoms with E-state index in [0.29, 0.717) is 5.69 Å². The zero-order valence-corrected chi connectivity index (χ0v) is 12.6. The molecule has 108 valence electrons. The SMILES string of the molecule is C.CC(=O)c1cc(-c2c(C)cc(C)c(=S)n2C)nn1C. The second kappa shape index (κ2) is 5.71. The molecule has 2 heterocycles. The Morgan fingerprint density at radius 1 is 1.20 bits per heavy atom. The third kappa shape index (κ3) is 2.58. The molecule has 0 radical (unpaired) electrons. The maximum atomic E-state index is 11.5. The van der Waals surface area contributed by atoms with Gasteiger partial charge in [-0.2, -0.15) is 5.10 Å². The average molecular weight is 291 g/mol. The standard InChI is InChI=1S/C14H17N3OS.CH4/c1-8-6-9(2)14(19)16(4)13(8)11-7-12(10(3)18)17(5)15-11;/h6-7H,1-5H3;1H4. The number of rotatable bonds is 2. The molecule has 5 heteroatoms. The summed E-state index contributed by atoms with van der Waals surface area (Å²) in [5, 5.41) is 4.42. The van der Waals surface area contributed by atoms with Crippen molar-refractivity contribution in [1.29, 1.82) is 0 Å². The van der Waals surface area contributed by atoms with Gasteiger partial charge in [-0.05, 0) is 31.0 Å². The van der Waals surface area contributed by atoms with Crippen LogP contribution in [0.25, 0.3) is 11.4 Å². The first-order chi connectivity index (χ1) is 8.82. The lowest BCUT2D eigenvalue weighted by Gasteiger charge is -2.12. The highest BCUT2D eigenvalue weighted by molar-refractivity contribution is 7.71. The lowest BCUT2D eigenvalue weighted by molar-refractivity contribution is 0.100. The zero-order valence-electron chi connectivity index (χ0n) is 11.8. The fraction of sp³-hybridized carbons (Fsp3) is 0.400. The number of carbonyl (C=O) groups excluding carboxylic acids is 1. The van der Waals surface area contributed by atoms with Gasteiger partial charge in [0.15, 0.2) is 5.78 Å². The molecule has 0 spiro atoms. The van der Waals surface area contributed by atoms with Crippen LogP contribution in [0.5, 0.6) is 0 Å². The van der Waals surface area contributed by atoms with Crippen molar-refractivity contribution in [1.82, 2.24) is 14.3 Å². The van der Waals surface area contributed by atoms with Crippen molar-refractivity contribution in [2.24, 2.45) is 14.1 Å². The summed E-state index contributed by atoms with van der Waals surface area (Å²) in [5.41, 5.74) is 4.50. The van der Waals surface area contributed by atoms with E-state index in [2.05, 4.69) is 11.2 Å². The van der Waals surface area contributed by atoms with Gasteiger partial charge in [0.25, 0.3) is 0 Å². The molecular formula is C15H21N3OS. The molecule has 0 saturated carbocycles. The van der Waals surface area contributed by atoms with E-state index >= 15 is 0 Å². The third-order valence-corrected chi connectivity index (χ3v) is 3.86.